The molecule has 0 aliphatic rings. The summed E-state index contributed by atoms with van der Waals surface area (Å²) in [7, 11) is 3.12. The molecule has 106 valence electrons. The summed E-state index contributed by atoms with van der Waals surface area (Å²) in [5.41, 5.74) is 1.41. The number of rotatable bonds is 5. The van der Waals surface area contributed by atoms with E-state index in [-0.39, 0.29) is 5.82 Å². The first kappa shape index (κ1) is 14.7. The molecule has 0 heterocycles. The highest BCUT2D eigenvalue weighted by Gasteiger charge is 2.18. The Labute approximate surface area is 123 Å². The minimum Gasteiger partial charge on any atom is -0.497 e. The highest BCUT2D eigenvalue weighted by atomic mass is 35.5. The SMILES string of the molecule is COc1ccc(CC(Cl)c2c(F)cccc2OC)cc1. The van der Waals surface area contributed by atoms with Crippen molar-refractivity contribution in [3.63, 3.8) is 0 Å². The molecule has 0 saturated heterocycles. The van der Waals surface area contributed by atoms with Gasteiger partial charge in [-0.05, 0) is 36.2 Å². The van der Waals surface area contributed by atoms with Gasteiger partial charge in [0, 0.05) is 5.56 Å². The zero-order valence-electron chi connectivity index (χ0n) is 11.4. The van der Waals surface area contributed by atoms with Crippen LogP contribution < -0.4 is 9.47 Å². The fraction of sp³-hybridized carbons (Fsp3) is 0.250. The van der Waals surface area contributed by atoms with E-state index >= 15 is 0 Å². The summed E-state index contributed by atoms with van der Waals surface area (Å²) in [6.07, 6.45) is 0.517. The average molecular weight is 295 g/mol. The fourth-order valence-electron chi connectivity index (χ4n) is 2.07. The first-order valence-electron chi connectivity index (χ1n) is 6.25. The van der Waals surface area contributed by atoms with Crippen LogP contribution in [0.3, 0.4) is 0 Å². The standard InChI is InChI=1S/C16H16ClFO2/c1-19-12-8-6-11(7-9-12)10-13(17)16-14(18)4-3-5-15(16)20-2/h3-9,13H,10H2,1-2H3. The normalized spacial score (nSPS) is 12.0. The van der Waals surface area contributed by atoms with Crippen molar-refractivity contribution < 1.29 is 13.9 Å². The van der Waals surface area contributed by atoms with E-state index in [0.717, 1.165) is 11.3 Å². The molecule has 0 N–H and O–H groups in total. The molecule has 0 bridgehead atoms. The minimum absolute atomic E-state index is 0.349. The highest BCUT2D eigenvalue weighted by Crippen LogP contribution is 2.34. The monoisotopic (exact) mass is 294 g/mol. The van der Waals surface area contributed by atoms with Gasteiger partial charge in [-0.15, -0.1) is 11.6 Å². The van der Waals surface area contributed by atoms with Gasteiger partial charge in [-0.1, -0.05) is 18.2 Å². The van der Waals surface area contributed by atoms with Crippen molar-refractivity contribution in [2.24, 2.45) is 0 Å². The van der Waals surface area contributed by atoms with Crippen LogP contribution in [0.15, 0.2) is 42.5 Å². The predicted molar refractivity (Wildman–Crippen MR) is 78.2 cm³/mol. The summed E-state index contributed by atoms with van der Waals surface area (Å²) in [5, 5.41) is -0.487. The lowest BCUT2D eigenvalue weighted by molar-refractivity contribution is 0.403. The van der Waals surface area contributed by atoms with E-state index in [2.05, 4.69) is 0 Å². The van der Waals surface area contributed by atoms with Crippen LogP contribution in [0.2, 0.25) is 0 Å². The van der Waals surface area contributed by atoms with E-state index in [1.807, 2.05) is 24.3 Å². The first-order chi connectivity index (χ1) is 9.65. The summed E-state index contributed by atoms with van der Waals surface area (Å²) in [5.74, 6) is 0.903. The van der Waals surface area contributed by atoms with Crippen LogP contribution in [-0.4, -0.2) is 14.2 Å². The Morgan fingerprint density at radius 3 is 2.35 bits per heavy atom. The molecule has 0 aliphatic carbocycles. The number of hydrogen-bond donors (Lipinski definition) is 0. The van der Waals surface area contributed by atoms with E-state index in [1.54, 1.807) is 19.2 Å². The zero-order chi connectivity index (χ0) is 14.5. The van der Waals surface area contributed by atoms with Crippen LogP contribution >= 0.6 is 11.6 Å². The van der Waals surface area contributed by atoms with Gasteiger partial charge in [0.2, 0.25) is 0 Å². The Morgan fingerprint density at radius 1 is 1.05 bits per heavy atom. The van der Waals surface area contributed by atoms with Gasteiger partial charge in [0.25, 0.3) is 0 Å². The Morgan fingerprint density at radius 2 is 1.75 bits per heavy atom. The van der Waals surface area contributed by atoms with Crippen LogP contribution in [0.5, 0.6) is 11.5 Å². The van der Waals surface area contributed by atoms with Crippen molar-refractivity contribution in [2.75, 3.05) is 14.2 Å². The number of hydrogen-bond acceptors (Lipinski definition) is 2. The van der Waals surface area contributed by atoms with E-state index in [9.17, 15) is 4.39 Å². The van der Waals surface area contributed by atoms with Crippen molar-refractivity contribution in [1.29, 1.82) is 0 Å². The minimum atomic E-state index is -0.487. The van der Waals surface area contributed by atoms with Crippen molar-refractivity contribution in [1.82, 2.24) is 0 Å². The largest absolute Gasteiger partial charge is 0.497 e. The van der Waals surface area contributed by atoms with E-state index in [0.29, 0.717) is 17.7 Å². The van der Waals surface area contributed by atoms with E-state index < -0.39 is 5.38 Å². The Balaban J connectivity index is 2.21. The summed E-state index contributed by atoms with van der Waals surface area (Å²) >= 11 is 6.35. The number of halogens is 2. The second kappa shape index (κ2) is 6.62. The molecule has 1 atom stereocenters. The quantitative estimate of drug-likeness (QED) is 0.763. The second-order valence-electron chi connectivity index (χ2n) is 4.38. The van der Waals surface area contributed by atoms with Gasteiger partial charge in [-0.2, -0.15) is 0 Å². The Hall–Kier alpha value is -1.74. The van der Waals surface area contributed by atoms with Gasteiger partial charge in [-0.3, -0.25) is 0 Å². The molecule has 2 aromatic rings. The van der Waals surface area contributed by atoms with Gasteiger partial charge >= 0.3 is 0 Å². The van der Waals surface area contributed by atoms with Gasteiger partial charge in [0.05, 0.1) is 19.6 Å². The molecule has 0 fully saturated rings. The molecule has 1 unspecified atom stereocenters. The summed E-state index contributed by atoms with van der Waals surface area (Å²) in [4.78, 5) is 0. The molecule has 0 saturated carbocycles. The lowest BCUT2D eigenvalue weighted by Crippen LogP contribution is -2.02. The van der Waals surface area contributed by atoms with Crippen LogP contribution in [0, 0.1) is 5.82 Å². The summed E-state index contributed by atoms with van der Waals surface area (Å²) < 4.78 is 24.2. The zero-order valence-corrected chi connectivity index (χ0v) is 12.2. The number of ether oxygens (including phenoxy) is 2. The van der Waals surface area contributed by atoms with Gasteiger partial charge in [0.15, 0.2) is 0 Å². The first-order valence-corrected chi connectivity index (χ1v) is 6.68. The third kappa shape index (κ3) is 3.23. The number of methoxy groups -OCH3 is 2. The van der Waals surface area contributed by atoms with Crippen LogP contribution in [0.25, 0.3) is 0 Å². The molecular weight excluding hydrogens is 279 g/mol. The van der Waals surface area contributed by atoms with Gasteiger partial charge < -0.3 is 9.47 Å². The third-order valence-corrected chi connectivity index (χ3v) is 3.49. The molecule has 0 radical (unpaired) electrons. The molecule has 2 rings (SSSR count). The predicted octanol–water partition coefficient (Wildman–Crippen LogP) is 4.37. The lowest BCUT2D eigenvalue weighted by Gasteiger charge is -2.15. The lowest BCUT2D eigenvalue weighted by atomic mass is 10.0. The maximum absolute atomic E-state index is 13.9. The molecular formula is C16H16ClFO2. The fourth-order valence-corrected chi connectivity index (χ4v) is 2.46. The third-order valence-electron chi connectivity index (χ3n) is 3.12. The number of benzene rings is 2. The molecule has 0 aliphatic heterocycles. The van der Waals surface area contributed by atoms with Crippen LogP contribution in [0.1, 0.15) is 16.5 Å². The highest BCUT2D eigenvalue weighted by molar-refractivity contribution is 6.21. The van der Waals surface area contributed by atoms with Crippen molar-refractivity contribution in [3.8, 4) is 11.5 Å². The molecule has 20 heavy (non-hydrogen) atoms. The van der Waals surface area contributed by atoms with Crippen molar-refractivity contribution >= 4 is 11.6 Å². The average Bonchev–Trinajstić information content (AvgIpc) is 2.47. The molecule has 2 nitrogen and oxygen atoms in total. The maximum atomic E-state index is 13.9. The molecule has 0 amide bonds. The summed E-state index contributed by atoms with van der Waals surface area (Å²) in [6.45, 7) is 0. The van der Waals surface area contributed by atoms with Gasteiger partial charge in [-0.25, -0.2) is 4.39 Å². The molecule has 0 aromatic heterocycles. The van der Waals surface area contributed by atoms with E-state index in [1.165, 1.54) is 13.2 Å². The topological polar surface area (TPSA) is 18.5 Å². The van der Waals surface area contributed by atoms with Crippen LogP contribution in [-0.2, 0) is 6.42 Å². The Bertz CT molecular complexity index is 569. The maximum Gasteiger partial charge on any atom is 0.131 e. The summed E-state index contributed by atoms with van der Waals surface area (Å²) in [6, 6.07) is 12.3. The molecule has 4 heteroatoms. The van der Waals surface area contributed by atoms with Gasteiger partial charge in [0.1, 0.15) is 17.3 Å². The second-order valence-corrected chi connectivity index (χ2v) is 4.90. The van der Waals surface area contributed by atoms with Crippen molar-refractivity contribution in [2.45, 2.75) is 11.8 Å². The van der Waals surface area contributed by atoms with Crippen molar-refractivity contribution in [3.05, 3.63) is 59.4 Å². The molecule has 0 spiro atoms. The van der Waals surface area contributed by atoms with Crippen LogP contribution in [0.4, 0.5) is 4.39 Å². The smallest absolute Gasteiger partial charge is 0.131 e. The van der Waals surface area contributed by atoms with E-state index in [4.69, 9.17) is 21.1 Å². The Kier molecular flexibility index (Phi) is 4.85. The number of alkyl halides is 1. The molecule has 2 aromatic carbocycles.